The number of nitrogens with one attached hydrogen (secondary N) is 1. The highest BCUT2D eigenvalue weighted by molar-refractivity contribution is 8.00. The first-order chi connectivity index (χ1) is 12.4. The zero-order valence-electron chi connectivity index (χ0n) is 13.5. The van der Waals surface area contributed by atoms with Gasteiger partial charge in [-0.25, -0.2) is 4.39 Å². The maximum Gasteiger partial charge on any atom is 0.283 e. The molecule has 3 N–H and O–H groups in total. The SMILES string of the molecule is O.O=C(CSc1ccc([N+](=O)[O-])cc1)NN1C(=O)c2cccc(F)c2C1=O. The number of halogens is 1. The molecule has 1 aliphatic heterocycles. The van der Waals surface area contributed by atoms with Gasteiger partial charge in [-0.15, -0.1) is 11.8 Å². The molecule has 0 fully saturated rings. The van der Waals surface area contributed by atoms with Crippen LogP contribution in [0.4, 0.5) is 10.1 Å². The van der Waals surface area contributed by atoms with E-state index in [0.717, 1.165) is 17.8 Å². The summed E-state index contributed by atoms with van der Waals surface area (Å²) in [6.45, 7) is 0. The van der Waals surface area contributed by atoms with Crippen LogP contribution in [0, 0.1) is 15.9 Å². The van der Waals surface area contributed by atoms with Crippen LogP contribution in [0.5, 0.6) is 0 Å². The van der Waals surface area contributed by atoms with Crippen LogP contribution < -0.4 is 5.43 Å². The summed E-state index contributed by atoms with van der Waals surface area (Å²) in [5.41, 5.74) is 1.59. The highest BCUT2D eigenvalue weighted by atomic mass is 32.2. The van der Waals surface area contributed by atoms with E-state index in [4.69, 9.17) is 0 Å². The lowest BCUT2D eigenvalue weighted by molar-refractivity contribution is -0.384. The number of nitro groups is 1. The summed E-state index contributed by atoms with van der Waals surface area (Å²) in [6.07, 6.45) is 0. The fourth-order valence-electron chi connectivity index (χ4n) is 2.32. The predicted octanol–water partition coefficient (Wildman–Crippen LogP) is 1.33. The Bertz CT molecular complexity index is 934. The summed E-state index contributed by atoms with van der Waals surface area (Å²) in [5.74, 6) is -3.37. The fourth-order valence-corrected chi connectivity index (χ4v) is 3.01. The molecule has 3 amide bonds. The van der Waals surface area contributed by atoms with E-state index in [1.807, 2.05) is 0 Å². The quantitative estimate of drug-likeness (QED) is 0.351. The van der Waals surface area contributed by atoms with E-state index in [0.29, 0.717) is 9.90 Å². The van der Waals surface area contributed by atoms with Crippen molar-refractivity contribution in [2.24, 2.45) is 0 Å². The van der Waals surface area contributed by atoms with Gasteiger partial charge in [0.05, 0.1) is 21.8 Å². The number of hydrogen-bond acceptors (Lipinski definition) is 6. The lowest BCUT2D eigenvalue weighted by Gasteiger charge is -2.14. The molecule has 140 valence electrons. The minimum atomic E-state index is -0.934. The van der Waals surface area contributed by atoms with Crippen molar-refractivity contribution in [1.82, 2.24) is 10.4 Å². The Hall–Kier alpha value is -3.31. The number of hydrazine groups is 1. The number of nitrogens with zero attached hydrogens (tertiary/aromatic N) is 2. The van der Waals surface area contributed by atoms with Crippen LogP contribution in [0.2, 0.25) is 0 Å². The maximum atomic E-state index is 13.7. The molecule has 0 unspecified atom stereocenters. The molecule has 0 aliphatic carbocycles. The number of fused-ring (bicyclic) bond motifs is 1. The first-order valence-corrected chi connectivity index (χ1v) is 8.21. The van der Waals surface area contributed by atoms with Gasteiger partial charge < -0.3 is 5.48 Å². The fraction of sp³-hybridized carbons (Fsp3) is 0.0625. The molecule has 9 nitrogen and oxygen atoms in total. The highest BCUT2D eigenvalue weighted by Crippen LogP contribution is 2.24. The van der Waals surface area contributed by atoms with Gasteiger partial charge in [-0.3, -0.25) is 29.9 Å². The van der Waals surface area contributed by atoms with Crippen molar-refractivity contribution in [3.63, 3.8) is 0 Å². The number of benzene rings is 2. The standard InChI is InChI=1S/C16H10FN3O5S.H2O/c17-12-3-1-2-11-14(12)16(23)19(15(11)22)18-13(21)8-26-10-6-4-9(5-7-10)20(24)25;/h1-7H,8H2,(H,18,21);1H2. The molecule has 1 heterocycles. The number of non-ortho nitro benzene ring substituents is 1. The van der Waals surface area contributed by atoms with E-state index >= 15 is 0 Å². The number of rotatable bonds is 5. The van der Waals surface area contributed by atoms with Crippen LogP contribution in [0.1, 0.15) is 20.7 Å². The molecule has 2 aromatic rings. The van der Waals surface area contributed by atoms with Crippen molar-refractivity contribution in [1.29, 1.82) is 0 Å². The lowest BCUT2D eigenvalue weighted by atomic mass is 10.1. The molecule has 0 atom stereocenters. The van der Waals surface area contributed by atoms with Crippen LogP contribution in [0.25, 0.3) is 0 Å². The van der Waals surface area contributed by atoms with Gasteiger partial charge in [-0.05, 0) is 24.3 Å². The summed E-state index contributed by atoms with van der Waals surface area (Å²) >= 11 is 1.06. The Labute approximate surface area is 155 Å². The zero-order chi connectivity index (χ0) is 18.8. The molecular formula is C16H12FN3O6S. The van der Waals surface area contributed by atoms with Crippen molar-refractivity contribution in [2.75, 3.05) is 5.75 Å². The van der Waals surface area contributed by atoms with E-state index < -0.39 is 28.5 Å². The van der Waals surface area contributed by atoms with Crippen molar-refractivity contribution in [3.05, 3.63) is 69.5 Å². The van der Waals surface area contributed by atoms with E-state index in [2.05, 4.69) is 5.43 Å². The van der Waals surface area contributed by atoms with Gasteiger partial charge in [0.2, 0.25) is 5.91 Å². The summed E-state index contributed by atoms with van der Waals surface area (Å²) < 4.78 is 13.7. The average Bonchev–Trinajstić information content (AvgIpc) is 2.86. The van der Waals surface area contributed by atoms with Crippen LogP contribution in [0.3, 0.4) is 0 Å². The monoisotopic (exact) mass is 393 g/mol. The molecule has 2 aromatic carbocycles. The Kier molecular flexibility index (Phi) is 5.88. The van der Waals surface area contributed by atoms with Crippen LogP contribution in [0.15, 0.2) is 47.4 Å². The van der Waals surface area contributed by atoms with E-state index in [1.54, 1.807) is 0 Å². The van der Waals surface area contributed by atoms with Gasteiger partial charge in [0.25, 0.3) is 17.5 Å². The van der Waals surface area contributed by atoms with Crippen LogP contribution in [-0.2, 0) is 4.79 Å². The molecule has 11 heteroatoms. The second kappa shape index (κ2) is 7.93. The predicted molar refractivity (Wildman–Crippen MR) is 92.5 cm³/mol. The second-order valence-electron chi connectivity index (χ2n) is 5.18. The second-order valence-corrected chi connectivity index (χ2v) is 6.23. The van der Waals surface area contributed by atoms with Crippen molar-refractivity contribution in [2.45, 2.75) is 4.90 Å². The Morgan fingerprint density at radius 1 is 1.15 bits per heavy atom. The van der Waals surface area contributed by atoms with Gasteiger partial charge in [-0.1, -0.05) is 6.07 Å². The third-order valence-electron chi connectivity index (χ3n) is 3.52. The normalized spacial score (nSPS) is 12.4. The molecule has 27 heavy (non-hydrogen) atoms. The van der Waals surface area contributed by atoms with Gasteiger partial charge in [-0.2, -0.15) is 5.01 Å². The lowest BCUT2D eigenvalue weighted by Crippen LogP contribution is -2.46. The van der Waals surface area contributed by atoms with Gasteiger partial charge in [0.1, 0.15) is 5.82 Å². The average molecular weight is 393 g/mol. The molecule has 3 rings (SSSR count). The third kappa shape index (κ3) is 3.93. The molecule has 0 aromatic heterocycles. The van der Waals surface area contributed by atoms with Gasteiger partial charge >= 0.3 is 0 Å². The number of hydrogen-bond donors (Lipinski definition) is 1. The number of thioether (sulfide) groups is 1. The number of carbonyl (C=O) groups excluding carboxylic acids is 3. The van der Waals surface area contributed by atoms with Gasteiger partial charge in [0.15, 0.2) is 0 Å². The van der Waals surface area contributed by atoms with Crippen molar-refractivity contribution in [3.8, 4) is 0 Å². The molecular weight excluding hydrogens is 381 g/mol. The summed E-state index contributed by atoms with van der Waals surface area (Å²) in [4.78, 5) is 46.9. The number of nitro benzene ring substituents is 1. The summed E-state index contributed by atoms with van der Waals surface area (Å²) in [6, 6.07) is 9.21. The Morgan fingerprint density at radius 3 is 2.41 bits per heavy atom. The van der Waals surface area contributed by atoms with Crippen molar-refractivity contribution < 1.29 is 29.2 Å². The number of carbonyl (C=O) groups is 3. The van der Waals surface area contributed by atoms with E-state index in [9.17, 15) is 28.9 Å². The minimum Gasteiger partial charge on any atom is -0.412 e. The van der Waals surface area contributed by atoms with Crippen LogP contribution in [-0.4, -0.2) is 38.9 Å². The van der Waals surface area contributed by atoms with E-state index in [1.165, 1.54) is 36.4 Å². The number of amides is 3. The third-order valence-corrected chi connectivity index (χ3v) is 4.53. The molecule has 0 saturated carbocycles. The van der Waals surface area contributed by atoms with Crippen LogP contribution >= 0.6 is 11.8 Å². The smallest absolute Gasteiger partial charge is 0.283 e. The Morgan fingerprint density at radius 2 is 1.81 bits per heavy atom. The highest BCUT2D eigenvalue weighted by Gasteiger charge is 2.39. The first-order valence-electron chi connectivity index (χ1n) is 7.22. The number of imide groups is 1. The molecule has 0 spiro atoms. The summed E-state index contributed by atoms with van der Waals surface area (Å²) in [7, 11) is 0. The largest absolute Gasteiger partial charge is 0.412 e. The summed E-state index contributed by atoms with van der Waals surface area (Å²) in [5, 5.41) is 11.1. The molecule has 0 bridgehead atoms. The first kappa shape index (κ1) is 20.0. The van der Waals surface area contributed by atoms with E-state index in [-0.39, 0.29) is 28.0 Å². The Balaban J connectivity index is 0.00000261. The minimum absolute atomic E-state index is 0. The topological polar surface area (TPSA) is 141 Å². The van der Waals surface area contributed by atoms with Gasteiger partial charge in [0, 0.05) is 17.0 Å². The maximum absolute atomic E-state index is 13.7. The van der Waals surface area contributed by atoms with Crippen molar-refractivity contribution >= 4 is 35.2 Å². The molecule has 1 aliphatic rings. The zero-order valence-corrected chi connectivity index (χ0v) is 14.3. The molecule has 0 radical (unpaired) electrons. The molecule has 0 saturated heterocycles.